The van der Waals surface area contributed by atoms with Crippen molar-refractivity contribution in [1.29, 1.82) is 0 Å². The standard InChI is InChI=1S/C31H43ClN4O4S/c1-22-11-14-28(29(32)23(22)2)40-31(39)35-18-19-36(26(21-35)27(37)13-12-24-9-8-20-41-24)30(38)25(33)10-4-7-17-34-15-5-3-6-16-34/h8-9,11,14,20,25-26H,3-7,10,12-13,15-19,21,33H2,1-2H3/t25-,26+/m1/s1. The second-order valence-electron chi connectivity index (χ2n) is 11.2. The van der Waals surface area contributed by atoms with E-state index in [0.717, 1.165) is 48.5 Å². The molecule has 1 aromatic heterocycles. The van der Waals surface area contributed by atoms with Crippen molar-refractivity contribution in [3.8, 4) is 5.75 Å². The number of piperazine rings is 1. The number of aryl methyl sites for hydroxylation is 2. The Bertz CT molecular complexity index is 1190. The van der Waals surface area contributed by atoms with Crippen LogP contribution in [0, 0.1) is 13.8 Å². The number of Topliss-reactive ketones (excluding diaryl/α,β-unsaturated/α-hetero) is 1. The summed E-state index contributed by atoms with van der Waals surface area (Å²) >= 11 is 8.03. The number of amides is 2. The van der Waals surface area contributed by atoms with Gasteiger partial charge in [-0.2, -0.15) is 0 Å². The minimum absolute atomic E-state index is 0.0675. The average molecular weight is 603 g/mol. The van der Waals surface area contributed by atoms with Crippen LogP contribution in [0.25, 0.3) is 0 Å². The Hall–Kier alpha value is -2.46. The molecule has 224 valence electrons. The summed E-state index contributed by atoms with van der Waals surface area (Å²) in [6, 6.07) is 6.05. The van der Waals surface area contributed by atoms with Crippen molar-refractivity contribution in [2.75, 3.05) is 39.3 Å². The Morgan fingerprint density at radius 3 is 2.59 bits per heavy atom. The van der Waals surface area contributed by atoms with E-state index in [2.05, 4.69) is 4.90 Å². The number of thiophene rings is 1. The van der Waals surface area contributed by atoms with E-state index in [4.69, 9.17) is 22.1 Å². The molecule has 0 saturated carbocycles. The van der Waals surface area contributed by atoms with Crippen LogP contribution < -0.4 is 10.5 Å². The van der Waals surface area contributed by atoms with E-state index in [-0.39, 0.29) is 43.5 Å². The molecule has 0 bridgehead atoms. The summed E-state index contributed by atoms with van der Waals surface area (Å²) in [5.74, 6) is -0.0150. The van der Waals surface area contributed by atoms with E-state index >= 15 is 0 Å². The zero-order valence-electron chi connectivity index (χ0n) is 24.3. The molecule has 41 heavy (non-hydrogen) atoms. The summed E-state index contributed by atoms with van der Waals surface area (Å²) in [5, 5.41) is 2.37. The molecule has 0 unspecified atom stereocenters. The molecule has 2 amide bonds. The van der Waals surface area contributed by atoms with Crippen molar-refractivity contribution in [3.05, 3.63) is 50.7 Å². The van der Waals surface area contributed by atoms with Crippen LogP contribution in [0.3, 0.4) is 0 Å². The fourth-order valence-electron chi connectivity index (χ4n) is 5.57. The summed E-state index contributed by atoms with van der Waals surface area (Å²) in [7, 11) is 0. The molecular weight excluding hydrogens is 560 g/mol. The lowest BCUT2D eigenvalue weighted by Crippen LogP contribution is -2.62. The van der Waals surface area contributed by atoms with Crippen molar-refractivity contribution in [2.24, 2.45) is 5.73 Å². The van der Waals surface area contributed by atoms with Crippen LogP contribution in [0.2, 0.25) is 5.02 Å². The number of nitrogens with zero attached hydrogens (tertiary/aromatic N) is 3. The Morgan fingerprint density at radius 2 is 1.85 bits per heavy atom. The number of hydrogen-bond donors (Lipinski definition) is 1. The third-order valence-electron chi connectivity index (χ3n) is 8.32. The fraction of sp³-hybridized carbons (Fsp3) is 0.581. The van der Waals surface area contributed by atoms with Crippen molar-refractivity contribution in [3.63, 3.8) is 0 Å². The number of halogens is 1. The van der Waals surface area contributed by atoms with Gasteiger partial charge in [-0.3, -0.25) is 9.59 Å². The quantitative estimate of drug-likeness (QED) is 0.355. The van der Waals surface area contributed by atoms with Gasteiger partial charge in [0.1, 0.15) is 6.04 Å². The molecule has 0 aliphatic carbocycles. The van der Waals surface area contributed by atoms with Gasteiger partial charge in [0.25, 0.3) is 0 Å². The third kappa shape index (κ3) is 8.53. The normalized spacial score (nSPS) is 18.8. The summed E-state index contributed by atoms with van der Waals surface area (Å²) in [4.78, 5) is 46.8. The molecule has 2 atom stereocenters. The highest BCUT2D eigenvalue weighted by Gasteiger charge is 2.38. The molecular formula is C31H43ClN4O4S. The zero-order chi connectivity index (χ0) is 29.4. The van der Waals surface area contributed by atoms with Crippen LogP contribution >= 0.6 is 22.9 Å². The zero-order valence-corrected chi connectivity index (χ0v) is 25.9. The van der Waals surface area contributed by atoms with E-state index in [9.17, 15) is 14.4 Å². The lowest BCUT2D eigenvalue weighted by molar-refractivity contribution is -0.143. The lowest BCUT2D eigenvalue weighted by Gasteiger charge is -2.41. The molecule has 0 spiro atoms. The summed E-state index contributed by atoms with van der Waals surface area (Å²) in [5.41, 5.74) is 8.23. The van der Waals surface area contributed by atoms with E-state index in [1.807, 2.05) is 37.4 Å². The van der Waals surface area contributed by atoms with Gasteiger partial charge in [-0.15, -0.1) is 11.3 Å². The van der Waals surface area contributed by atoms with Gasteiger partial charge in [0.05, 0.1) is 17.6 Å². The molecule has 1 aromatic carbocycles. The molecule has 0 radical (unpaired) electrons. The van der Waals surface area contributed by atoms with Gasteiger partial charge in [0.2, 0.25) is 5.91 Å². The van der Waals surface area contributed by atoms with Crippen molar-refractivity contribution < 1.29 is 19.1 Å². The predicted molar refractivity (Wildman–Crippen MR) is 164 cm³/mol. The second kappa shape index (κ2) is 15.1. The van der Waals surface area contributed by atoms with Gasteiger partial charge in [-0.25, -0.2) is 4.79 Å². The monoisotopic (exact) mass is 602 g/mol. The van der Waals surface area contributed by atoms with Crippen LogP contribution in [0.15, 0.2) is 29.6 Å². The maximum absolute atomic E-state index is 13.5. The van der Waals surface area contributed by atoms with Crippen LogP contribution in [-0.4, -0.2) is 83.8 Å². The first-order valence-electron chi connectivity index (χ1n) is 14.8. The van der Waals surface area contributed by atoms with Gasteiger partial charge in [-0.05, 0) is 94.2 Å². The van der Waals surface area contributed by atoms with Gasteiger partial charge in [-0.1, -0.05) is 36.6 Å². The number of unbranched alkanes of at least 4 members (excludes halogenated alkanes) is 1. The molecule has 2 fully saturated rings. The maximum Gasteiger partial charge on any atom is 0.415 e. The molecule has 2 saturated heterocycles. The summed E-state index contributed by atoms with van der Waals surface area (Å²) < 4.78 is 5.64. The predicted octanol–water partition coefficient (Wildman–Crippen LogP) is 5.22. The first-order valence-corrected chi connectivity index (χ1v) is 16.1. The highest BCUT2D eigenvalue weighted by atomic mass is 35.5. The van der Waals surface area contributed by atoms with Crippen LogP contribution in [0.5, 0.6) is 5.75 Å². The number of ketones is 1. The minimum Gasteiger partial charge on any atom is -0.409 e. The topological polar surface area (TPSA) is 96.2 Å². The summed E-state index contributed by atoms with van der Waals surface area (Å²) in [6.07, 6.45) is 6.58. The number of carbonyl (C=O) groups excluding carboxylic acids is 3. The number of likely N-dealkylation sites (tertiary alicyclic amines) is 1. The number of nitrogens with two attached hydrogens (primary N) is 1. The Kier molecular flexibility index (Phi) is 11.6. The van der Waals surface area contributed by atoms with Gasteiger partial charge in [0.15, 0.2) is 11.5 Å². The highest BCUT2D eigenvalue weighted by Crippen LogP contribution is 2.30. The largest absolute Gasteiger partial charge is 0.415 e. The first kappa shape index (κ1) is 31.5. The molecule has 2 N–H and O–H groups in total. The lowest BCUT2D eigenvalue weighted by atomic mass is 10.0. The van der Waals surface area contributed by atoms with E-state index in [1.54, 1.807) is 22.3 Å². The first-order chi connectivity index (χ1) is 19.7. The molecule has 4 rings (SSSR count). The molecule has 10 heteroatoms. The van der Waals surface area contributed by atoms with E-state index in [1.165, 1.54) is 24.2 Å². The number of piperidine rings is 1. The Morgan fingerprint density at radius 1 is 1.07 bits per heavy atom. The Balaban J connectivity index is 1.38. The number of hydrogen-bond acceptors (Lipinski definition) is 7. The van der Waals surface area contributed by atoms with Crippen LogP contribution in [0.1, 0.15) is 60.9 Å². The van der Waals surface area contributed by atoms with Gasteiger partial charge < -0.3 is 25.2 Å². The number of rotatable bonds is 11. The minimum atomic E-state index is -0.765. The van der Waals surface area contributed by atoms with E-state index in [0.29, 0.717) is 17.9 Å². The average Bonchev–Trinajstić information content (AvgIpc) is 3.52. The number of benzene rings is 1. The van der Waals surface area contributed by atoms with Crippen molar-refractivity contribution in [2.45, 2.75) is 77.3 Å². The molecule has 8 nitrogen and oxygen atoms in total. The number of ether oxygens (including phenoxy) is 1. The fourth-order valence-corrected chi connectivity index (χ4v) is 6.53. The smallest absolute Gasteiger partial charge is 0.409 e. The molecule has 2 aliphatic heterocycles. The van der Waals surface area contributed by atoms with Crippen LogP contribution in [0.4, 0.5) is 4.79 Å². The third-order valence-corrected chi connectivity index (χ3v) is 9.72. The van der Waals surface area contributed by atoms with E-state index < -0.39 is 18.2 Å². The van der Waals surface area contributed by atoms with Gasteiger partial charge >= 0.3 is 6.09 Å². The number of carbonyl (C=O) groups is 3. The van der Waals surface area contributed by atoms with Crippen molar-refractivity contribution in [1.82, 2.24) is 14.7 Å². The molecule has 2 aliphatic rings. The molecule has 3 heterocycles. The second-order valence-corrected chi connectivity index (χ2v) is 12.6. The SMILES string of the molecule is Cc1ccc(OC(=O)N2CCN(C(=O)[C@H](N)CCCCN3CCCCC3)[C@H](C(=O)CCc3cccs3)C2)c(Cl)c1C. The van der Waals surface area contributed by atoms with Gasteiger partial charge in [0, 0.05) is 24.4 Å². The maximum atomic E-state index is 13.5. The summed E-state index contributed by atoms with van der Waals surface area (Å²) in [6.45, 7) is 7.71. The molecule has 2 aromatic rings. The van der Waals surface area contributed by atoms with Crippen molar-refractivity contribution >= 4 is 40.7 Å². The Labute approximate surface area is 252 Å². The van der Waals surface area contributed by atoms with Crippen LogP contribution in [-0.2, 0) is 16.0 Å². The highest BCUT2D eigenvalue weighted by molar-refractivity contribution is 7.09.